The van der Waals surface area contributed by atoms with Crippen LogP contribution in [0.25, 0.3) is 0 Å². The van der Waals surface area contributed by atoms with Crippen molar-refractivity contribution in [2.75, 3.05) is 11.9 Å². The summed E-state index contributed by atoms with van der Waals surface area (Å²) in [4.78, 5) is 8.42. The quantitative estimate of drug-likeness (QED) is 0.748. The molecule has 0 fully saturated rings. The summed E-state index contributed by atoms with van der Waals surface area (Å²) in [5, 5.41) is 6.47. The van der Waals surface area contributed by atoms with Crippen LogP contribution in [0.3, 0.4) is 0 Å². The summed E-state index contributed by atoms with van der Waals surface area (Å²) in [5.41, 5.74) is 1.12. The third-order valence-electron chi connectivity index (χ3n) is 2.31. The Labute approximate surface area is 91.5 Å². The molecule has 4 heteroatoms. The summed E-state index contributed by atoms with van der Waals surface area (Å²) in [5.74, 6) is 0.699. The highest BCUT2D eigenvalue weighted by atomic mass is 15.1. The fraction of sp³-hybridized carbons (Fsp3) is 0.636. The number of aromatic nitrogens is 2. The molecule has 15 heavy (non-hydrogen) atoms. The van der Waals surface area contributed by atoms with Crippen LogP contribution in [0.4, 0.5) is 5.95 Å². The van der Waals surface area contributed by atoms with Crippen LogP contribution in [0.5, 0.6) is 0 Å². The minimum absolute atomic E-state index is 0.540. The predicted molar refractivity (Wildman–Crippen MR) is 62.8 cm³/mol. The van der Waals surface area contributed by atoms with Gasteiger partial charge >= 0.3 is 0 Å². The molecule has 1 aromatic rings. The van der Waals surface area contributed by atoms with Crippen LogP contribution < -0.4 is 10.6 Å². The van der Waals surface area contributed by atoms with E-state index in [-0.39, 0.29) is 0 Å². The second-order valence-corrected chi connectivity index (χ2v) is 3.64. The molecule has 1 rings (SSSR count). The maximum Gasteiger partial charge on any atom is 0.222 e. The average molecular weight is 208 g/mol. The second-order valence-electron chi connectivity index (χ2n) is 3.64. The lowest BCUT2D eigenvalue weighted by molar-refractivity contribution is 0.533. The fourth-order valence-corrected chi connectivity index (χ4v) is 1.13. The molecule has 1 atom stereocenters. The van der Waals surface area contributed by atoms with Crippen molar-refractivity contribution in [1.82, 2.24) is 15.3 Å². The van der Waals surface area contributed by atoms with Gasteiger partial charge in [-0.3, -0.25) is 0 Å². The van der Waals surface area contributed by atoms with Crippen molar-refractivity contribution >= 4 is 5.95 Å². The predicted octanol–water partition coefficient (Wildman–Crippen LogP) is 1.80. The van der Waals surface area contributed by atoms with Crippen LogP contribution in [0, 0.1) is 0 Å². The highest BCUT2D eigenvalue weighted by Gasteiger charge is 1.99. The number of nitrogens with one attached hydrogen (secondary N) is 2. The summed E-state index contributed by atoms with van der Waals surface area (Å²) in [6.45, 7) is 8.06. The maximum atomic E-state index is 4.21. The first-order valence-corrected chi connectivity index (χ1v) is 5.54. The van der Waals surface area contributed by atoms with Crippen LogP contribution in [0.15, 0.2) is 12.4 Å². The zero-order chi connectivity index (χ0) is 11.1. The zero-order valence-corrected chi connectivity index (χ0v) is 9.75. The Bertz CT molecular complexity index is 270. The monoisotopic (exact) mass is 208 g/mol. The molecule has 0 saturated heterocycles. The number of hydrogen-bond acceptors (Lipinski definition) is 4. The molecule has 0 saturated carbocycles. The molecule has 2 N–H and O–H groups in total. The molecular weight excluding hydrogens is 188 g/mol. The van der Waals surface area contributed by atoms with E-state index in [1.54, 1.807) is 0 Å². The first-order valence-electron chi connectivity index (χ1n) is 5.54. The topological polar surface area (TPSA) is 49.8 Å². The fourth-order valence-electron chi connectivity index (χ4n) is 1.13. The van der Waals surface area contributed by atoms with Crippen molar-refractivity contribution in [2.24, 2.45) is 0 Å². The first kappa shape index (κ1) is 11.9. The third kappa shape index (κ3) is 4.25. The molecule has 0 unspecified atom stereocenters. The Kier molecular flexibility index (Phi) is 5.04. The van der Waals surface area contributed by atoms with Gasteiger partial charge in [-0.25, -0.2) is 9.97 Å². The average Bonchev–Trinajstić information content (AvgIpc) is 2.28. The smallest absolute Gasteiger partial charge is 0.222 e. The summed E-state index contributed by atoms with van der Waals surface area (Å²) < 4.78 is 0. The zero-order valence-electron chi connectivity index (χ0n) is 9.75. The van der Waals surface area contributed by atoms with E-state index in [2.05, 4.69) is 34.4 Å². The SMILES string of the molecule is CCNc1ncc(CN[C@@H](C)CC)cn1. The molecule has 0 aliphatic rings. The lowest BCUT2D eigenvalue weighted by Crippen LogP contribution is -2.24. The molecule has 1 heterocycles. The molecule has 0 amide bonds. The summed E-state index contributed by atoms with van der Waals surface area (Å²) >= 11 is 0. The van der Waals surface area contributed by atoms with Crippen molar-refractivity contribution in [2.45, 2.75) is 39.8 Å². The van der Waals surface area contributed by atoms with Gasteiger partial charge in [0.1, 0.15) is 0 Å². The number of anilines is 1. The Hall–Kier alpha value is -1.16. The van der Waals surface area contributed by atoms with Gasteiger partial charge in [-0.05, 0) is 20.3 Å². The van der Waals surface area contributed by atoms with Gasteiger partial charge in [0.15, 0.2) is 0 Å². The van der Waals surface area contributed by atoms with E-state index in [0.29, 0.717) is 12.0 Å². The summed E-state index contributed by atoms with van der Waals surface area (Å²) in [6.07, 6.45) is 4.86. The van der Waals surface area contributed by atoms with Crippen molar-refractivity contribution in [3.8, 4) is 0 Å². The highest BCUT2D eigenvalue weighted by molar-refractivity contribution is 5.24. The molecule has 0 aliphatic carbocycles. The van der Waals surface area contributed by atoms with Crippen LogP contribution in [0.1, 0.15) is 32.8 Å². The Balaban J connectivity index is 2.42. The van der Waals surface area contributed by atoms with Crippen LogP contribution in [-0.2, 0) is 6.54 Å². The molecular formula is C11H20N4. The largest absolute Gasteiger partial charge is 0.355 e. The Morgan fingerprint density at radius 1 is 1.27 bits per heavy atom. The van der Waals surface area contributed by atoms with Gasteiger partial charge in [-0.2, -0.15) is 0 Å². The van der Waals surface area contributed by atoms with Gasteiger partial charge in [0.2, 0.25) is 5.95 Å². The Morgan fingerprint density at radius 3 is 2.47 bits per heavy atom. The minimum Gasteiger partial charge on any atom is -0.355 e. The highest BCUT2D eigenvalue weighted by Crippen LogP contribution is 2.00. The third-order valence-corrected chi connectivity index (χ3v) is 2.31. The van der Waals surface area contributed by atoms with E-state index in [4.69, 9.17) is 0 Å². The van der Waals surface area contributed by atoms with Crippen molar-refractivity contribution < 1.29 is 0 Å². The Morgan fingerprint density at radius 2 is 1.93 bits per heavy atom. The molecule has 0 bridgehead atoms. The van der Waals surface area contributed by atoms with Gasteiger partial charge in [0.05, 0.1) is 0 Å². The van der Waals surface area contributed by atoms with E-state index in [1.165, 1.54) is 0 Å². The van der Waals surface area contributed by atoms with Gasteiger partial charge in [-0.15, -0.1) is 0 Å². The molecule has 0 aliphatic heterocycles. The number of nitrogens with zero attached hydrogens (tertiary/aromatic N) is 2. The van der Waals surface area contributed by atoms with Crippen LogP contribution in [0.2, 0.25) is 0 Å². The standard InChI is InChI=1S/C11H20N4/c1-4-9(3)13-6-10-7-14-11(12-5-2)15-8-10/h7-9,13H,4-6H2,1-3H3,(H,12,14,15)/t9-/m0/s1. The summed E-state index contributed by atoms with van der Waals surface area (Å²) in [7, 11) is 0. The van der Waals surface area contributed by atoms with E-state index in [9.17, 15) is 0 Å². The van der Waals surface area contributed by atoms with Crippen molar-refractivity contribution in [3.05, 3.63) is 18.0 Å². The minimum atomic E-state index is 0.540. The molecule has 0 aromatic carbocycles. The van der Waals surface area contributed by atoms with Gasteiger partial charge in [-0.1, -0.05) is 6.92 Å². The van der Waals surface area contributed by atoms with Crippen molar-refractivity contribution in [3.63, 3.8) is 0 Å². The molecule has 4 nitrogen and oxygen atoms in total. The van der Waals surface area contributed by atoms with E-state index in [1.807, 2.05) is 19.3 Å². The van der Waals surface area contributed by atoms with E-state index < -0.39 is 0 Å². The molecule has 1 aromatic heterocycles. The summed E-state index contributed by atoms with van der Waals surface area (Å²) in [6, 6.07) is 0.540. The van der Waals surface area contributed by atoms with E-state index >= 15 is 0 Å². The second kappa shape index (κ2) is 6.35. The number of rotatable bonds is 6. The van der Waals surface area contributed by atoms with Crippen molar-refractivity contribution in [1.29, 1.82) is 0 Å². The van der Waals surface area contributed by atoms with E-state index in [0.717, 1.165) is 25.1 Å². The molecule has 84 valence electrons. The van der Waals surface area contributed by atoms with Crippen LogP contribution in [-0.4, -0.2) is 22.6 Å². The lowest BCUT2D eigenvalue weighted by Gasteiger charge is -2.10. The van der Waals surface area contributed by atoms with Gasteiger partial charge < -0.3 is 10.6 Å². The van der Waals surface area contributed by atoms with Gasteiger partial charge in [0, 0.05) is 37.1 Å². The normalized spacial score (nSPS) is 12.5. The molecule has 0 radical (unpaired) electrons. The lowest BCUT2D eigenvalue weighted by atomic mass is 10.2. The van der Waals surface area contributed by atoms with Crippen LogP contribution >= 0.6 is 0 Å². The molecule has 0 spiro atoms. The maximum absolute atomic E-state index is 4.21. The van der Waals surface area contributed by atoms with Gasteiger partial charge in [0.25, 0.3) is 0 Å². The number of hydrogen-bond donors (Lipinski definition) is 2. The first-order chi connectivity index (χ1) is 7.26.